The Labute approximate surface area is 102 Å². The van der Waals surface area contributed by atoms with Gasteiger partial charge in [-0.15, -0.1) is 0 Å². The fraction of sp³-hybridized carbons (Fsp3) is 0.583. The Hall–Kier alpha value is -1.33. The summed E-state index contributed by atoms with van der Waals surface area (Å²) in [5, 5.41) is 3.38. The van der Waals surface area contributed by atoms with E-state index in [4.69, 9.17) is 9.47 Å². The third kappa shape index (κ3) is 3.57. The summed E-state index contributed by atoms with van der Waals surface area (Å²) in [6.07, 6.45) is 4.74. The predicted octanol–water partition coefficient (Wildman–Crippen LogP) is 0.864. The van der Waals surface area contributed by atoms with Crippen LogP contribution in [0.3, 0.4) is 0 Å². The molecule has 1 aromatic rings. The first kappa shape index (κ1) is 12.1. The number of rotatable bonds is 4. The lowest BCUT2D eigenvalue weighted by atomic mass is 10.3. The molecule has 0 unspecified atom stereocenters. The molecule has 5 heteroatoms. The normalized spacial score (nSPS) is 16.6. The zero-order chi connectivity index (χ0) is 11.9. The van der Waals surface area contributed by atoms with Crippen LogP contribution in [0.25, 0.3) is 0 Å². The molecule has 0 saturated carbocycles. The molecular weight excluding hydrogens is 218 g/mol. The molecule has 1 aliphatic rings. The second-order valence-electron chi connectivity index (χ2n) is 4.02. The molecular formula is C12H19N3O2. The van der Waals surface area contributed by atoms with Gasteiger partial charge < -0.3 is 19.7 Å². The van der Waals surface area contributed by atoms with E-state index in [1.54, 1.807) is 13.3 Å². The highest BCUT2D eigenvalue weighted by atomic mass is 16.7. The van der Waals surface area contributed by atoms with Gasteiger partial charge in [-0.25, -0.2) is 0 Å². The number of pyridine rings is 1. The van der Waals surface area contributed by atoms with Gasteiger partial charge in [-0.2, -0.15) is 0 Å². The molecule has 1 fully saturated rings. The number of methoxy groups -OCH3 is 1. The molecule has 1 saturated heterocycles. The minimum Gasteiger partial charge on any atom is -0.466 e. The second-order valence-corrected chi connectivity index (χ2v) is 4.02. The molecule has 0 radical (unpaired) electrons. The van der Waals surface area contributed by atoms with Gasteiger partial charge in [0.25, 0.3) is 0 Å². The van der Waals surface area contributed by atoms with Gasteiger partial charge in [-0.3, -0.25) is 4.98 Å². The van der Waals surface area contributed by atoms with E-state index in [1.807, 2.05) is 12.3 Å². The Morgan fingerprint density at radius 1 is 1.35 bits per heavy atom. The van der Waals surface area contributed by atoms with Crippen LogP contribution in [0.2, 0.25) is 0 Å². The summed E-state index contributed by atoms with van der Waals surface area (Å²) in [5.41, 5.74) is 1.11. The number of ether oxygens (including phenoxy) is 2. The van der Waals surface area contributed by atoms with E-state index in [1.165, 1.54) is 0 Å². The lowest BCUT2D eigenvalue weighted by molar-refractivity contribution is 0.0509. The predicted molar refractivity (Wildman–Crippen MR) is 66.4 cm³/mol. The van der Waals surface area contributed by atoms with Gasteiger partial charge in [0.1, 0.15) is 5.75 Å². The Morgan fingerprint density at radius 3 is 3.18 bits per heavy atom. The molecule has 5 nitrogen and oxygen atoms in total. The molecule has 0 spiro atoms. The monoisotopic (exact) mass is 237 g/mol. The summed E-state index contributed by atoms with van der Waals surface area (Å²) in [6, 6.07) is 2.01. The maximum absolute atomic E-state index is 5.39. The van der Waals surface area contributed by atoms with E-state index < -0.39 is 0 Å². The summed E-state index contributed by atoms with van der Waals surface area (Å²) >= 11 is 0. The zero-order valence-corrected chi connectivity index (χ0v) is 10.2. The van der Waals surface area contributed by atoms with Crippen molar-refractivity contribution in [1.29, 1.82) is 0 Å². The third-order valence-corrected chi connectivity index (χ3v) is 2.75. The molecule has 0 aliphatic carbocycles. The van der Waals surface area contributed by atoms with E-state index in [9.17, 15) is 0 Å². The molecule has 17 heavy (non-hydrogen) atoms. The van der Waals surface area contributed by atoms with Gasteiger partial charge in [-0.05, 0) is 13.0 Å². The van der Waals surface area contributed by atoms with Gasteiger partial charge in [0, 0.05) is 32.8 Å². The summed E-state index contributed by atoms with van der Waals surface area (Å²) < 4.78 is 10.3. The first-order valence-electron chi connectivity index (χ1n) is 5.92. The van der Waals surface area contributed by atoms with E-state index in [2.05, 4.69) is 15.2 Å². The van der Waals surface area contributed by atoms with Crippen LogP contribution in [0.15, 0.2) is 18.5 Å². The quantitative estimate of drug-likeness (QED) is 0.787. The van der Waals surface area contributed by atoms with E-state index in [-0.39, 0.29) is 6.79 Å². The van der Waals surface area contributed by atoms with Gasteiger partial charge in [0.05, 0.1) is 18.1 Å². The molecule has 94 valence electrons. The van der Waals surface area contributed by atoms with Crippen molar-refractivity contribution in [2.24, 2.45) is 0 Å². The maximum Gasteiger partial charge on any atom is 0.188 e. The Kier molecular flexibility index (Phi) is 4.58. The molecule has 2 heterocycles. The fourth-order valence-corrected chi connectivity index (χ4v) is 1.89. The van der Waals surface area contributed by atoms with E-state index >= 15 is 0 Å². The summed E-state index contributed by atoms with van der Waals surface area (Å²) in [6.45, 7) is 4.43. The average Bonchev–Trinajstić information content (AvgIpc) is 2.65. The number of nitrogens with one attached hydrogen (secondary N) is 1. The van der Waals surface area contributed by atoms with Crippen LogP contribution in [0.1, 0.15) is 6.42 Å². The lowest BCUT2D eigenvalue weighted by Crippen LogP contribution is -2.27. The van der Waals surface area contributed by atoms with Gasteiger partial charge in [0.15, 0.2) is 6.79 Å². The fourth-order valence-electron chi connectivity index (χ4n) is 1.89. The third-order valence-electron chi connectivity index (χ3n) is 2.75. The highest BCUT2D eigenvalue weighted by Gasteiger charge is 2.10. The van der Waals surface area contributed by atoms with Crippen molar-refractivity contribution in [3.63, 3.8) is 0 Å². The van der Waals surface area contributed by atoms with E-state index in [0.717, 1.165) is 44.0 Å². The molecule has 0 aromatic carbocycles. The highest BCUT2D eigenvalue weighted by molar-refractivity contribution is 5.48. The highest BCUT2D eigenvalue weighted by Crippen LogP contribution is 2.20. The van der Waals surface area contributed by atoms with Gasteiger partial charge in [-0.1, -0.05) is 0 Å². The minimum absolute atomic E-state index is 0.257. The van der Waals surface area contributed by atoms with Crippen molar-refractivity contribution in [3.8, 4) is 5.75 Å². The summed E-state index contributed by atoms with van der Waals surface area (Å²) in [7, 11) is 1.61. The van der Waals surface area contributed by atoms with Crippen LogP contribution in [0.5, 0.6) is 5.75 Å². The molecule has 0 amide bonds. The Balaban J connectivity index is 2.03. The van der Waals surface area contributed by atoms with Crippen molar-refractivity contribution >= 4 is 5.69 Å². The van der Waals surface area contributed by atoms with Crippen LogP contribution in [0.4, 0.5) is 5.69 Å². The van der Waals surface area contributed by atoms with Crippen molar-refractivity contribution < 1.29 is 9.47 Å². The van der Waals surface area contributed by atoms with Crippen LogP contribution in [0, 0.1) is 0 Å². The average molecular weight is 237 g/mol. The first-order chi connectivity index (χ1) is 8.40. The standard InChI is InChI=1S/C12H19N3O2/c1-16-10-17-12-7-11(8-14-9-12)15-5-2-3-13-4-6-15/h7-9,13H,2-6,10H2,1H3. The number of hydrogen-bond donors (Lipinski definition) is 1. The number of aromatic nitrogens is 1. The van der Waals surface area contributed by atoms with Crippen molar-refractivity contribution in [1.82, 2.24) is 10.3 Å². The molecule has 2 rings (SSSR count). The number of nitrogens with zero attached hydrogens (tertiary/aromatic N) is 2. The zero-order valence-electron chi connectivity index (χ0n) is 10.2. The Bertz CT molecular complexity index is 338. The van der Waals surface area contributed by atoms with Crippen molar-refractivity contribution in [3.05, 3.63) is 18.5 Å². The number of hydrogen-bond acceptors (Lipinski definition) is 5. The van der Waals surface area contributed by atoms with Crippen LogP contribution < -0.4 is 15.0 Å². The van der Waals surface area contributed by atoms with Crippen LogP contribution in [-0.2, 0) is 4.74 Å². The second kappa shape index (κ2) is 6.42. The first-order valence-corrected chi connectivity index (χ1v) is 5.92. The minimum atomic E-state index is 0.257. The number of anilines is 1. The Morgan fingerprint density at radius 2 is 2.29 bits per heavy atom. The summed E-state index contributed by atoms with van der Waals surface area (Å²) in [4.78, 5) is 6.53. The molecule has 1 aliphatic heterocycles. The lowest BCUT2D eigenvalue weighted by Gasteiger charge is -2.22. The molecule has 0 bridgehead atoms. The molecule has 0 atom stereocenters. The molecule has 1 aromatic heterocycles. The van der Waals surface area contributed by atoms with Gasteiger partial charge >= 0.3 is 0 Å². The maximum atomic E-state index is 5.39. The van der Waals surface area contributed by atoms with Crippen LogP contribution >= 0.6 is 0 Å². The van der Waals surface area contributed by atoms with Gasteiger partial charge in [0.2, 0.25) is 0 Å². The van der Waals surface area contributed by atoms with Crippen LogP contribution in [-0.4, -0.2) is 45.1 Å². The summed E-state index contributed by atoms with van der Waals surface area (Å²) in [5.74, 6) is 0.751. The molecule has 1 N–H and O–H groups in total. The SMILES string of the molecule is COCOc1cncc(N2CCCNCC2)c1. The van der Waals surface area contributed by atoms with Crippen molar-refractivity contribution in [2.75, 3.05) is 45.0 Å². The smallest absolute Gasteiger partial charge is 0.188 e. The van der Waals surface area contributed by atoms with E-state index in [0.29, 0.717) is 0 Å². The topological polar surface area (TPSA) is 46.6 Å². The van der Waals surface area contributed by atoms with Crippen molar-refractivity contribution in [2.45, 2.75) is 6.42 Å². The largest absolute Gasteiger partial charge is 0.466 e.